The Morgan fingerprint density at radius 2 is 2.04 bits per heavy atom. The fourth-order valence-electron chi connectivity index (χ4n) is 2.26. The molecule has 1 saturated heterocycles. The smallest absolute Gasteiger partial charge is 0.240 e. The minimum Gasteiger partial charge on any atom is -0.326 e. The monoisotopic (exact) mass is 373 g/mol. The number of para-hydroxylation sites is 1. The van der Waals surface area contributed by atoms with E-state index in [1.54, 1.807) is 12.1 Å². The number of aliphatic imine (C=N–C) groups is 1. The molecule has 1 fully saturated rings. The van der Waals surface area contributed by atoms with Crippen LogP contribution in [0.5, 0.6) is 0 Å². The van der Waals surface area contributed by atoms with Crippen molar-refractivity contribution >= 4 is 51.7 Å². The standard InChI is InChI=1S/C18H16ClN3O2S/c1-11-7-8-13(9-14(11)19)20-16(23)10-15-17(24)22-18(25-15)21-12-5-3-2-4-6-12/h2-9,15H,10H2,1H3,(H,20,23)(H,21,22,24). The summed E-state index contributed by atoms with van der Waals surface area (Å²) < 4.78 is 0. The first-order valence-electron chi connectivity index (χ1n) is 7.68. The maximum absolute atomic E-state index is 12.2. The van der Waals surface area contributed by atoms with E-state index >= 15 is 0 Å². The molecule has 1 atom stereocenters. The molecule has 5 nitrogen and oxygen atoms in total. The van der Waals surface area contributed by atoms with Gasteiger partial charge in [-0.2, -0.15) is 0 Å². The number of carbonyl (C=O) groups is 2. The lowest BCUT2D eigenvalue weighted by molar-refractivity contribution is -0.122. The molecule has 0 bridgehead atoms. The molecule has 2 amide bonds. The zero-order valence-corrected chi connectivity index (χ0v) is 15.0. The average molecular weight is 374 g/mol. The quantitative estimate of drug-likeness (QED) is 0.853. The van der Waals surface area contributed by atoms with Gasteiger partial charge in [0, 0.05) is 17.1 Å². The SMILES string of the molecule is Cc1ccc(NC(=O)CC2SC(=Nc3ccccc3)NC2=O)cc1Cl. The second-order valence-electron chi connectivity index (χ2n) is 5.56. The molecule has 2 aromatic carbocycles. The van der Waals surface area contributed by atoms with Crippen LogP contribution < -0.4 is 10.6 Å². The highest BCUT2D eigenvalue weighted by Crippen LogP contribution is 2.26. The lowest BCUT2D eigenvalue weighted by atomic mass is 10.2. The number of benzene rings is 2. The number of rotatable bonds is 4. The summed E-state index contributed by atoms with van der Waals surface area (Å²) in [5.41, 5.74) is 2.30. The minimum atomic E-state index is -0.497. The Hall–Kier alpha value is -2.31. The van der Waals surface area contributed by atoms with Gasteiger partial charge in [0.15, 0.2) is 5.17 Å². The number of amidine groups is 1. The van der Waals surface area contributed by atoms with Crippen LogP contribution in [0.25, 0.3) is 0 Å². The predicted octanol–water partition coefficient (Wildman–Crippen LogP) is 3.90. The maximum atomic E-state index is 12.2. The van der Waals surface area contributed by atoms with Crippen LogP contribution in [-0.2, 0) is 9.59 Å². The Labute approximate surface area is 154 Å². The van der Waals surface area contributed by atoms with Crippen molar-refractivity contribution in [1.82, 2.24) is 5.32 Å². The van der Waals surface area contributed by atoms with Gasteiger partial charge in [0.25, 0.3) is 0 Å². The number of anilines is 1. The Kier molecular flexibility index (Phi) is 5.40. The molecule has 0 aliphatic carbocycles. The van der Waals surface area contributed by atoms with Crippen LogP contribution >= 0.6 is 23.4 Å². The van der Waals surface area contributed by atoms with Crippen molar-refractivity contribution < 1.29 is 9.59 Å². The summed E-state index contributed by atoms with van der Waals surface area (Å²) in [6, 6.07) is 14.6. The first-order valence-corrected chi connectivity index (χ1v) is 8.94. The number of carbonyl (C=O) groups excluding carboxylic acids is 2. The molecule has 0 aromatic heterocycles. The van der Waals surface area contributed by atoms with Crippen LogP contribution in [-0.4, -0.2) is 22.2 Å². The van der Waals surface area contributed by atoms with Crippen LogP contribution in [0, 0.1) is 6.92 Å². The molecule has 2 N–H and O–H groups in total. The predicted molar refractivity (Wildman–Crippen MR) is 102 cm³/mol. The zero-order chi connectivity index (χ0) is 17.8. The molecule has 1 aliphatic heterocycles. The highest BCUT2D eigenvalue weighted by atomic mass is 35.5. The topological polar surface area (TPSA) is 70.6 Å². The number of thioether (sulfide) groups is 1. The summed E-state index contributed by atoms with van der Waals surface area (Å²) in [6.07, 6.45) is 0.0653. The van der Waals surface area contributed by atoms with Crippen molar-refractivity contribution in [2.75, 3.05) is 5.32 Å². The van der Waals surface area contributed by atoms with E-state index in [0.717, 1.165) is 11.3 Å². The van der Waals surface area contributed by atoms with Crippen LogP contribution in [0.1, 0.15) is 12.0 Å². The summed E-state index contributed by atoms with van der Waals surface area (Å²) in [7, 11) is 0. The van der Waals surface area contributed by atoms with Gasteiger partial charge in [-0.3, -0.25) is 9.59 Å². The molecule has 0 radical (unpaired) electrons. The largest absolute Gasteiger partial charge is 0.326 e. The van der Waals surface area contributed by atoms with Crippen molar-refractivity contribution in [3.63, 3.8) is 0 Å². The molecule has 0 saturated carbocycles. The van der Waals surface area contributed by atoms with E-state index in [1.165, 1.54) is 11.8 Å². The third-order valence-electron chi connectivity index (χ3n) is 3.59. The van der Waals surface area contributed by atoms with E-state index in [4.69, 9.17) is 11.6 Å². The highest BCUT2D eigenvalue weighted by Gasteiger charge is 2.32. The molecule has 0 spiro atoms. The van der Waals surface area contributed by atoms with Crippen molar-refractivity contribution in [1.29, 1.82) is 0 Å². The Morgan fingerprint density at radius 1 is 1.28 bits per heavy atom. The number of nitrogens with one attached hydrogen (secondary N) is 2. The average Bonchev–Trinajstić information content (AvgIpc) is 2.91. The number of amides is 2. The lowest BCUT2D eigenvalue weighted by Gasteiger charge is -2.08. The van der Waals surface area contributed by atoms with E-state index < -0.39 is 5.25 Å². The molecule has 2 aromatic rings. The number of aryl methyl sites for hydroxylation is 1. The summed E-state index contributed by atoms with van der Waals surface area (Å²) >= 11 is 7.31. The van der Waals surface area contributed by atoms with E-state index in [-0.39, 0.29) is 18.2 Å². The third kappa shape index (κ3) is 4.61. The fourth-order valence-corrected chi connectivity index (χ4v) is 3.43. The number of hydrogen-bond donors (Lipinski definition) is 2. The van der Waals surface area contributed by atoms with Crippen LogP contribution in [0.15, 0.2) is 53.5 Å². The number of hydrogen-bond acceptors (Lipinski definition) is 4. The van der Waals surface area contributed by atoms with Gasteiger partial charge in [0.1, 0.15) is 5.25 Å². The summed E-state index contributed by atoms with van der Waals surface area (Å²) in [4.78, 5) is 28.6. The summed E-state index contributed by atoms with van der Waals surface area (Å²) in [6.45, 7) is 1.89. The summed E-state index contributed by atoms with van der Waals surface area (Å²) in [5.74, 6) is -0.453. The van der Waals surface area contributed by atoms with E-state index in [9.17, 15) is 9.59 Å². The van der Waals surface area contributed by atoms with Gasteiger partial charge < -0.3 is 10.6 Å². The van der Waals surface area contributed by atoms with Gasteiger partial charge in [-0.05, 0) is 36.8 Å². The van der Waals surface area contributed by atoms with Crippen LogP contribution in [0.3, 0.4) is 0 Å². The molecule has 25 heavy (non-hydrogen) atoms. The maximum Gasteiger partial charge on any atom is 0.240 e. The molecule has 7 heteroatoms. The molecule has 1 unspecified atom stereocenters. The van der Waals surface area contributed by atoms with Crippen molar-refractivity contribution in [3.8, 4) is 0 Å². The van der Waals surface area contributed by atoms with E-state index in [0.29, 0.717) is 15.9 Å². The fraction of sp³-hybridized carbons (Fsp3) is 0.167. The first-order chi connectivity index (χ1) is 12.0. The Bertz CT molecular complexity index is 839. The van der Waals surface area contributed by atoms with Crippen molar-refractivity contribution in [2.24, 2.45) is 4.99 Å². The van der Waals surface area contributed by atoms with Gasteiger partial charge in [0.05, 0.1) is 5.69 Å². The second kappa shape index (κ2) is 7.72. The van der Waals surface area contributed by atoms with Crippen LogP contribution in [0.2, 0.25) is 5.02 Å². The summed E-state index contributed by atoms with van der Waals surface area (Å²) in [5, 5.41) is 6.07. The minimum absolute atomic E-state index is 0.0653. The zero-order valence-electron chi connectivity index (χ0n) is 13.5. The van der Waals surface area contributed by atoms with Gasteiger partial charge >= 0.3 is 0 Å². The van der Waals surface area contributed by atoms with Crippen LogP contribution in [0.4, 0.5) is 11.4 Å². The van der Waals surface area contributed by atoms with Crippen molar-refractivity contribution in [3.05, 3.63) is 59.1 Å². The Morgan fingerprint density at radius 3 is 2.76 bits per heavy atom. The van der Waals surface area contributed by atoms with Gasteiger partial charge in [-0.1, -0.05) is 47.6 Å². The third-order valence-corrected chi connectivity index (χ3v) is 5.08. The second-order valence-corrected chi connectivity index (χ2v) is 7.16. The molecule has 128 valence electrons. The molecular formula is C18H16ClN3O2S. The lowest BCUT2D eigenvalue weighted by Crippen LogP contribution is -2.28. The van der Waals surface area contributed by atoms with E-state index in [2.05, 4.69) is 15.6 Å². The van der Waals surface area contributed by atoms with Gasteiger partial charge in [-0.25, -0.2) is 4.99 Å². The van der Waals surface area contributed by atoms with Crippen molar-refractivity contribution in [2.45, 2.75) is 18.6 Å². The van der Waals surface area contributed by atoms with Gasteiger partial charge in [0.2, 0.25) is 11.8 Å². The number of nitrogens with zero attached hydrogens (tertiary/aromatic N) is 1. The first kappa shape index (κ1) is 17.5. The van der Waals surface area contributed by atoms with E-state index in [1.807, 2.05) is 43.3 Å². The molecule has 1 aliphatic rings. The Balaban J connectivity index is 1.61. The number of halogens is 1. The molecular weight excluding hydrogens is 358 g/mol. The highest BCUT2D eigenvalue weighted by molar-refractivity contribution is 8.15. The van der Waals surface area contributed by atoms with Gasteiger partial charge in [-0.15, -0.1) is 0 Å². The molecule has 1 heterocycles. The molecule has 3 rings (SSSR count). The normalized spacial score (nSPS) is 18.2.